The number of aromatic nitrogens is 1. The van der Waals surface area contributed by atoms with Crippen LogP contribution in [0.5, 0.6) is 0 Å². The minimum absolute atomic E-state index is 0.0395. The number of nitrogens with two attached hydrogens (primary N) is 2. The Labute approximate surface area is 254 Å². The van der Waals surface area contributed by atoms with Gasteiger partial charge in [-0.3, -0.25) is 14.6 Å². The summed E-state index contributed by atoms with van der Waals surface area (Å²) in [5.74, 6) is -0.0761. The van der Waals surface area contributed by atoms with Crippen LogP contribution in [0.2, 0.25) is 0 Å². The molecule has 4 aromatic rings. The quantitative estimate of drug-likeness (QED) is 0.0829. The number of para-hydroxylation sites is 1. The zero-order valence-corrected chi connectivity index (χ0v) is 24.5. The molecule has 10 nitrogen and oxygen atoms in total. The van der Waals surface area contributed by atoms with Gasteiger partial charge in [-0.1, -0.05) is 90.6 Å². The Kier molecular flexibility index (Phi) is 11.6. The van der Waals surface area contributed by atoms with Crippen LogP contribution < -0.4 is 22.1 Å². The van der Waals surface area contributed by atoms with Crippen molar-refractivity contribution in [2.24, 2.45) is 16.5 Å². The number of H-pyrrole nitrogens is 1. The molecule has 7 N–H and O–H groups in total. The van der Waals surface area contributed by atoms with Crippen LogP contribution in [-0.4, -0.2) is 46.7 Å². The van der Waals surface area contributed by atoms with E-state index >= 15 is 0 Å². The molecule has 11 heteroatoms. The fraction of sp³-hybridized carbons (Fsp3) is 0.250. The van der Waals surface area contributed by atoms with E-state index in [0.29, 0.717) is 25.1 Å². The van der Waals surface area contributed by atoms with Crippen molar-refractivity contribution in [1.29, 1.82) is 0 Å². The first-order chi connectivity index (χ1) is 20.9. The van der Waals surface area contributed by atoms with Gasteiger partial charge < -0.3 is 31.8 Å². The van der Waals surface area contributed by atoms with Gasteiger partial charge in [0.15, 0.2) is 5.96 Å². The van der Waals surface area contributed by atoms with Gasteiger partial charge in [0.25, 0.3) is 0 Å². The minimum Gasteiger partial charge on any atom is -0.445 e. The third kappa shape index (κ3) is 9.93. The second-order valence-corrected chi connectivity index (χ2v) is 10.9. The molecule has 3 aromatic carbocycles. The molecule has 0 aliphatic rings. The Morgan fingerprint density at radius 3 is 2.26 bits per heavy atom. The van der Waals surface area contributed by atoms with Gasteiger partial charge in [0.2, 0.25) is 11.0 Å². The van der Waals surface area contributed by atoms with Crippen molar-refractivity contribution in [1.82, 2.24) is 15.6 Å². The first-order valence-electron chi connectivity index (χ1n) is 14.0. The first-order valence-corrected chi connectivity index (χ1v) is 15.0. The number of benzene rings is 3. The predicted molar refractivity (Wildman–Crippen MR) is 170 cm³/mol. The van der Waals surface area contributed by atoms with Crippen molar-refractivity contribution in [3.63, 3.8) is 0 Å². The van der Waals surface area contributed by atoms with Crippen LogP contribution in [0.15, 0.2) is 96.1 Å². The highest BCUT2D eigenvalue weighted by atomic mass is 32.2. The molecule has 2 atom stereocenters. The number of thioether (sulfide) groups is 1. The number of nitrogens with zero attached hydrogens (tertiary/aromatic N) is 1. The number of hydrogen-bond donors (Lipinski definition) is 5. The van der Waals surface area contributed by atoms with Crippen molar-refractivity contribution in [2.45, 2.75) is 43.7 Å². The number of guanidine groups is 1. The predicted octanol–water partition coefficient (Wildman–Crippen LogP) is 4.00. The number of aliphatic imine (C=N–C) groups is 1. The second kappa shape index (κ2) is 16.0. The van der Waals surface area contributed by atoms with E-state index in [1.165, 1.54) is 0 Å². The smallest absolute Gasteiger partial charge is 0.408 e. The largest absolute Gasteiger partial charge is 0.445 e. The lowest BCUT2D eigenvalue weighted by atomic mass is 10.0. The van der Waals surface area contributed by atoms with E-state index in [1.54, 1.807) is 0 Å². The molecular weight excluding hydrogens is 564 g/mol. The number of nitrogens with one attached hydrogen (secondary N) is 3. The molecule has 0 fully saturated rings. The van der Waals surface area contributed by atoms with Gasteiger partial charge in [-0.25, -0.2) is 4.79 Å². The molecule has 224 valence electrons. The molecule has 4 rings (SSSR count). The molecule has 0 saturated carbocycles. The Morgan fingerprint density at radius 2 is 1.53 bits per heavy atom. The lowest BCUT2D eigenvalue weighted by molar-refractivity contribution is -0.126. The molecule has 0 radical (unpaired) electrons. The van der Waals surface area contributed by atoms with E-state index in [9.17, 15) is 14.4 Å². The molecule has 0 bridgehead atoms. The van der Waals surface area contributed by atoms with Crippen LogP contribution in [0.1, 0.15) is 29.5 Å². The highest BCUT2D eigenvalue weighted by Gasteiger charge is 2.28. The summed E-state index contributed by atoms with van der Waals surface area (Å²) < 4.78 is 5.41. The highest BCUT2D eigenvalue weighted by Crippen LogP contribution is 2.20. The number of aromatic amines is 1. The second-order valence-electron chi connectivity index (χ2n) is 9.93. The average Bonchev–Trinajstić information content (AvgIpc) is 3.43. The van der Waals surface area contributed by atoms with Gasteiger partial charge >= 0.3 is 6.09 Å². The molecule has 0 unspecified atom stereocenters. The standard InChI is InChI=1S/C32H36N6O4S/c33-31(34)35-17-9-16-27(30(40)43-21-23-12-5-2-6-13-23)37-29(39)28(18-24-19-36-26-15-8-7-14-25(24)26)38-32(41)42-20-22-10-3-1-4-11-22/h1-8,10-15,19,27-28,36H,9,16-18,20-21H2,(H,37,39)(H,38,41)(H4,33,34,35)/t27-,28-/m0/s1. The number of ether oxygens (including phenoxy) is 1. The van der Waals surface area contributed by atoms with E-state index in [4.69, 9.17) is 16.2 Å². The number of carbonyl (C=O) groups is 3. The van der Waals surface area contributed by atoms with Crippen LogP contribution in [-0.2, 0) is 33.1 Å². The molecule has 2 amide bonds. The van der Waals surface area contributed by atoms with E-state index in [2.05, 4.69) is 20.6 Å². The van der Waals surface area contributed by atoms with Gasteiger partial charge in [-0.2, -0.15) is 0 Å². The van der Waals surface area contributed by atoms with E-state index in [-0.39, 0.29) is 24.1 Å². The lowest BCUT2D eigenvalue weighted by Crippen LogP contribution is -2.52. The van der Waals surface area contributed by atoms with Crippen molar-refractivity contribution in [3.05, 3.63) is 108 Å². The maximum Gasteiger partial charge on any atom is 0.408 e. The molecule has 0 spiro atoms. The number of rotatable bonds is 14. The van der Waals surface area contributed by atoms with E-state index in [0.717, 1.165) is 39.4 Å². The Morgan fingerprint density at radius 1 is 0.860 bits per heavy atom. The minimum atomic E-state index is -1.00. The van der Waals surface area contributed by atoms with Crippen molar-refractivity contribution in [3.8, 4) is 0 Å². The SMILES string of the molecule is NC(N)=NCCC[C@H](NC(=O)[C@H](Cc1c[nH]c2ccccc12)NC(=O)OCc1ccccc1)C(=O)SCc1ccccc1. The summed E-state index contributed by atoms with van der Waals surface area (Å²) in [5, 5.41) is 6.33. The molecule has 1 heterocycles. The van der Waals surface area contributed by atoms with Gasteiger partial charge in [-0.05, 0) is 35.6 Å². The fourth-order valence-electron chi connectivity index (χ4n) is 4.49. The Bertz CT molecular complexity index is 1520. The molecular formula is C32H36N6O4S. The van der Waals surface area contributed by atoms with Crippen LogP contribution in [0.3, 0.4) is 0 Å². The average molecular weight is 601 g/mol. The normalized spacial score (nSPS) is 12.2. The first kappa shape index (κ1) is 31.2. The molecule has 43 heavy (non-hydrogen) atoms. The summed E-state index contributed by atoms with van der Waals surface area (Å²) in [7, 11) is 0. The zero-order valence-electron chi connectivity index (χ0n) is 23.7. The fourth-order valence-corrected chi connectivity index (χ4v) is 5.37. The summed E-state index contributed by atoms with van der Waals surface area (Å²) >= 11 is 1.13. The van der Waals surface area contributed by atoms with Gasteiger partial charge in [0, 0.05) is 35.8 Å². The van der Waals surface area contributed by atoms with Gasteiger partial charge in [0.05, 0.1) is 6.04 Å². The maximum atomic E-state index is 13.7. The Balaban J connectivity index is 1.48. The van der Waals surface area contributed by atoms with Crippen molar-refractivity contribution >= 4 is 45.7 Å². The van der Waals surface area contributed by atoms with Crippen LogP contribution in [0.4, 0.5) is 4.79 Å². The van der Waals surface area contributed by atoms with Crippen LogP contribution in [0.25, 0.3) is 10.9 Å². The molecule has 1 aromatic heterocycles. The Hall–Kier alpha value is -4.77. The van der Waals surface area contributed by atoms with Crippen LogP contribution >= 0.6 is 11.8 Å². The number of fused-ring (bicyclic) bond motifs is 1. The van der Waals surface area contributed by atoms with Crippen molar-refractivity contribution in [2.75, 3.05) is 6.54 Å². The number of carbonyl (C=O) groups excluding carboxylic acids is 3. The summed E-state index contributed by atoms with van der Waals surface area (Å²) in [5.41, 5.74) is 14.5. The third-order valence-electron chi connectivity index (χ3n) is 6.69. The van der Waals surface area contributed by atoms with Crippen molar-refractivity contribution < 1.29 is 19.1 Å². The third-order valence-corrected chi connectivity index (χ3v) is 7.74. The number of hydrogen-bond acceptors (Lipinski definition) is 6. The van der Waals surface area contributed by atoms with Gasteiger partial charge in [0.1, 0.15) is 12.6 Å². The lowest BCUT2D eigenvalue weighted by Gasteiger charge is -2.22. The summed E-state index contributed by atoms with van der Waals surface area (Å²) in [6, 6.07) is 24.7. The summed E-state index contributed by atoms with van der Waals surface area (Å²) in [6.07, 6.45) is 2.05. The maximum absolute atomic E-state index is 13.7. The summed E-state index contributed by atoms with van der Waals surface area (Å²) in [4.78, 5) is 47.1. The molecule has 0 aliphatic heterocycles. The van der Waals surface area contributed by atoms with Crippen LogP contribution in [0, 0.1) is 0 Å². The zero-order chi connectivity index (χ0) is 30.4. The highest BCUT2D eigenvalue weighted by molar-refractivity contribution is 8.13. The van der Waals surface area contributed by atoms with Gasteiger partial charge in [-0.15, -0.1) is 0 Å². The number of alkyl carbamates (subject to hydrolysis) is 1. The monoisotopic (exact) mass is 600 g/mol. The molecule has 0 aliphatic carbocycles. The topological polar surface area (TPSA) is 165 Å². The molecule has 0 saturated heterocycles. The number of amides is 2. The van der Waals surface area contributed by atoms with E-state index in [1.807, 2.05) is 91.1 Å². The van der Waals surface area contributed by atoms with E-state index < -0.39 is 24.1 Å². The summed E-state index contributed by atoms with van der Waals surface area (Å²) in [6.45, 7) is 0.365.